The molecule has 268 valence electrons. The minimum Gasteiger partial charge on any atom is -1.00 e. The summed E-state index contributed by atoms with van der Waals surface area (Å²) in [6, 6.07) is 26.7. The zero-order valence-electron chi connectivity index (χ0n) is 33.4. The predicted octanol–water partition coefficient (Wildman–Crippen LogP) is 6.26. The van der Waals surface area contributed by atoms with Crippen LogP contribution in [-0.4, -0.2) is 3.21 Å². The summed E-state index contributed by atoms with van der Waals surface area (Å²) in [6.45, 7) is 30.9. The Balaban J connectivity index is 0.00000292. The Morgan fingerprint density at radius 3 is 1.67 bits per heavy atom. The molecule has 0 atom stereocenters. The molecule has 0 nitrogen and oxygen atoms in total. The Morgan fingerprint density at radius 2 is 1.18 bits per heavy atom. The normalized spacial score (nSPS) is 13.6. The molecule has 0 amide bonds. The van der Waals surface area contributed by atoms with E-state index < -0.39 is 21.3 Å². The van der Waals surface area contributed by atoms with Crippen LogP contribution in [0, 0.1) is 33.1 Å². The molecule has 51 heavy (non-hydrogen) atoms. The molecule has 0 radical (unpaired) electrons. The molecule has 0 heterocycles. The predicted molar refractivity (Wildman–Crippen MR) is 212 cm³/mol. The van der Waals surface area contributed by atoms with Gasteiger partial charge in [-0.25, -0.2) is 0 Å². The summed E-state index contributed by atoms with van der Waals surface area (Å²) in [5, 5.41) is 0. The van der Waals surface area contributed by atoms with E-state index in [1.165, 1.54) is 55.6 Å². The van der Waals surface area contributed by atoms with Crippen molar-refractivity contribution in [3.05, 3.63) is 143 Å². The number of hydrogen-bond donors (Lipinski definition) is 0. The molecule has 0 bridgehead atoms. The fourth-order valence-corrected chi connectivity index (χ4v) is 17.8. The van der Waals surface area contributed by atoms with Crippen LogP contribution in [-0.2, 0) is 38.5 Å². The Hall–Kier alpha value is -2.31. The van der Waals surface area contributed by atoms with Crippen LogP contribution in [0.2, 0.25) is 0 Å². The zero-order valence-corrected chi connectivity index (χ0v) is 37.4. The van der Waals surface area contributed by atoms with Crippen LogP contribution < -0.4 is 28.1 Å². The summed E-state index contributed by atoms with van der Waals surface area (Å²) in [6.07, 6.45) is 8.24. The van der Waals surface area contributed by atoms with Crippen molar-refractivity contribution >= 4 is 6.48 Å². The quantitative estimate of drug-likeness (QED) is 0.191. The molecule has 4 aromatic rings. The summed E-state index contributed by atoms with van der Waals surface area (Å²) in [5.74, 6) is 0. The van der Waals surface area contributed by atoms with Crippen molar-refractivity contribution in [3.8, 4) is 11.1 Å². The van der Waals surface area contributed by atoms with Gasteiger partial charge < -0.3 is 24.8 Å². The van der Waals surface area contributed by atoms with Crippen LogP contribution in [0.4, 0.5) is 0 Å². The van der Waals surface area contributed by atoms with Crippen molar-refractivity contribution in [2.24, 2.45) is 5.41 Å². The third-order valence-electron chi connectivity index (χ3n) is 11.4. The molecule has 2 aliphatic carbocycles. The van der Waals surface area contributed by atoms with Gasteiger partial charge in [0.1, 0.15) is 0 Å². The summed E-state index contributed by atoms with van der Waals surface area (Å²) < 4.78 is 5.13. The smallest absolute Gasteiger partial charge is 1.00 e. The Kier molecular flexibility index (Phi) is 12.4. The van der Waals surface area contributed by atoms with Crippen LogP contribution in [0.15, 0.2) is 87.7 Å². The summed E-state index contributed by atoms with van der Waals surface area (Å²) in [5.41, 5.74) is 19.4. The summed E-state index contributed by atoms with van der Waals surface area (Å²) in [7, 11) is 0. The van der Waals surface area contributed by atoms with Crippen molar-refractivity contribution in [2.45, 2.75) is 120 Å². The molecule has 3 heteroatoms. The number of fused-ring (bicyclic) bond motifs is 3. The molecule has 0 spiro atoms. The van der Waals surface area contributed by atoms with E-state index >= 15 is 0 Å². The maximum Gasteiger partial charge on any atom is -1.00 e. The molecular formula is C48H58Cl2Zr. The number of allylic oxidation sites excluding steroid dienone is 4. The molecule has 0 aliphatic heterocycles. The minimum atomic E-state index is -2.96. The van der Waals surface area contributed by atoms with Gasteiger partial charge in [0.05, 0.1) is 0 Å². The van der Waals surface area contributed by atoms with Crippen LogP contribution in [0.5, 0.6) is 0 Å². The van der Waals surface area contributed by atoms with Crippen LogP contribution in [0.1, 0.15) is 131 Å². The second-order valence-electron chi connectivity index (χ2n) is 17.7. The molecule has 6 rings (SSSR count). The van der Waals surface area contributed by atoms with Gasteiger partial charge in [0, 0.05) is 0 Å². The van der Waals surface area contributed by atoms with E-state index in [9.17, 15) is 0 Å². The van der Waals surface area contributed by atoms with Gasteiger partial charge in [-0.3, -0.25) is 0 Å². The average molecular weight is 797 g/mol. The van der Waals surface area contributed by atoms with Gasteiger partial charge in [-0.2, -0.15) is 0 Å². The van der Waals surface area contributed by atoms with E-state index in [4.69, 9.17) is 0 Å². The van der Waals surface area contributed by atoms with Gasteiger partial charge >= 0.3 is 308 Å². The first kappa shape index (κ1) is 41.4. The van der Waals surface area contributed by atoms with Gasteiger partial charge in [0.2, 0.25) is 0 Å². The number of benzene rings is 4. The van der Waals surface area contributed by atoms with E-state index in [0.29, 0.717) is 0 Å². The molecule has 0 saturated carbocycles. The Labute approximate surface area is 330 Å². The number of rotatable bonds is 6. The van der Waals surface area contributed by atoms with Crippen molar-refractivity contribution in [2.75, 3.05) is 0 Å². The van der Waals surface area contributed by atoms with E-state index in [0.717, 1.165) is 19.3 Å². The molecular weight excluding hydrogens is 739 g/mol. The second kappa shape index (κ2) is 15.2. The van der Waals surface area contributed by atoms with Gasteiger partial charge in [-0.05, 0) is 0 Å². The first-order chi connectivity index (χ1) is 22.9. The Bertz CT molecular complexity index is 1990. The molecule has 0 N–H and O–H groups in total. The maximum absolute atomic E-state index is 2.96. The van der Waals surface area contributed by atoms with Crippen LogP contribution in [0.3, 0.4) is 0 Å². The van der Waals surface area contributed by atoms with Crippen molar-refractivity contribution in [1.82, 2.24) is 0 Å². The van der Waals surface area contributed by atoms with Gasteiger partial charge in [-0.15, -0.1) is 0 Å². The van der Waals surface area contributed by atoms with Gasteiger partial charge in [0.15, 0.2) is 0 Å². The standard InChI is InChI=1S/C23H29.C15H14.C10H15.2ClH.Zr/c1-14-9-16-11-17-10-15(2)21(23(6,7)8)13-19(17)18(16)12-20(14)22(3,4)5;1-12-3-7-14(8-4-12)11-15-9-5-13(2)6-10-15;1-4-10(2,3)9-7-5-6-8-9;;;/h9,12-13H,11H2,1-8H3;3-10H,1-2H3;5,7H,4,6H2,1-3H3;2*1H;/q;;;;;+2/p-2. The van der Waals surface area contributed by atoms with Crippen LogP contribution in [0.25, 0.3) is 11.1 Å². The van der Waals surface area contributed by atoms with E-state index in [-0.39, 0.29) is 41.1 Å². The molecule has 0 saturated heterocycles. The third kappa shape index (κ3) is 7.84. The van der Waals surface area contributed by atoms with Crippen molar-refractivity contribution < 1.29 is 46.1 Å². The fraction of sp³-hybridized carbons (Fsp3) is 0.396. The SMILES string of the molecule is CCC(C)(C)C1=[C]([Zr+2](=[C](c2ccc(C)cc2)c2ccc(C)cc2)[c]2c(C)c(C(C)(C)C)cc3c2Cc2cc(C)c(C(C)(C)C)cc2-3)CC=C1.[Cl-].[Cl-]. The Morgan fingerprint density at radius 1 is 0.667 bits per heavy atom. The third-order valence-corrected chi connectivity index (χ3v) is 19.6. The van der Waals surface area contributed by atoms with Crippen LogP contribution >= 0.6 is 0 Å². The van der Waals surface area contributed by atoms with Gasteiger partial charge in [0.25, 0.3) is 0 Å². The molecule has 0 unspecified atom stereocenters. The monoisotopic (exact) mass is 794 g/mol. The fourth-order valence-electron chi connectivity index (χ4n) is 8.43. The molecule has 0 aromatic heterocycles. The van der Waals surface area contributed by atoms with E-state index in [2.05, 4.69) is 169 Å². The number of halogens is 2. The minimum absolute atomic E-state index is 0. The molecule has 4 aromatic carbocycles. The first-order valence-corrected chi connectivity index (χ1v) is 22.2. The second-order valence-corrected chi connectivity index (χ2v) is 23.5. The van der Waals surface area contributed by atoms with Crippen molar-refractivity contribution in [3.63, 3.8) is 0 Å². The van der Waals surface area contributed by atoms with E-state index in [1.54, 1.807) is 26.5 Å². The number of aryl methyl sites for hydroxylation is 3. The van der Waals surface area contributed by atoms with Crippen molar-refractivity contribution in [1.29, 1.82) is 0 Å². The number of hydrogen-bond acceptors (Lipinski definition) is 0. The molecule has 2 aliphatic rings. The van der Waals surface area contributed by atoms with E-state index in [1.807, 2.05) is 0 Å². The van der Waals surface area contributed by atoms with Gasteiger partial charge in [-0.1, -0.05) is 0 Å². The topological polar surface area (TPSA) is 0 Å². The summed E-state index contributed by atoms with van der Waals surface area (Å²) >= 11 is -2.96. The average Bonchev–Trinajstić information content (AvgIpc) is 3.65. The zero-order chi connectivity index (χ0) is 35.6. The molecule has 0 fully saturated rings. The maximum atomic E-state index is 2.61. The first-order valence-electron chi connectivity index (χ1n) is 18.5. The largest absolute Gasteiger partial charge is 1.00 e. The summed E-state index contributed by atoms with van der Waals surface area (Å²) in [4.78, 5) is 0.